The number of rotatable bonds is 4. The lowest BCUT2D eigenvalue weighted by Gasteiger charge is -2.18. The van der Waals surface area contributed by atoms with Crippen LogP contribution in [-0.2, 0) is 21.5 Å². The minimum atomic E-state index is -4.20. The van der Waals surface area contributed by atoms with Crippen molar-refractivity contribution < 1.29 is 22.7 Å². The lowest BCUT2D eigenvalue weighted by molar-refractivity contribution is -0.117. The maximum Gasteiger partial charge on any atom is 0.326 e. The van der Waals surface area contributed by atoms with E-state index in [4.69, 9.17) is 0 Å². The van der Waals surface area contributed by atoms with Gasteiger partial charge in [0.05, 0.1) is 0 Å². The van der Waals surface area contributed by atoms with Crippen LogP contribution < -0.4 is 14.3 Å². The second-order valence-corrected chi connectivity index (χ2v) is 7.15. The molecular formula is C15H15FN4O4S. The number of anilines is 2. The third-order valence-corrected chi connectivity index (χ3v) is 4.94. The van der Waals surface area contributed by atoms with Crippen molar-refractivity contribution in [2.75, 3.05) is 16.2 Å². The van der Waals surface area contributed by atoms with Gasteiger partial charge < -0.3 is 10.4 Å². The van der Waals surface area contributed by atoms with Gasteiger partial charge in [-0.25, -0.2) is 18.4 Å². The molecule has 1 amide bonds. The summed E-state index contributed by atoms with van der Waals surface area (Å²) in [6.07, 6.45) is 1.63. The topological polar surface area (TPSA) is 112 Å². The Bertz CT molecular complexity index is 925. The molecule has 2 heterocycles. The number of phenolic OH excluding ortho intramolecular Hbond substituents is 1. The summed E-state index contributed by atoms with van der Waals surface area (Å²) >= 11 is 0. The normalized spacial score (nSPS) is 15.9. The lowest BCUT2D eigenvalue weighted by atomic mass is 10.1. The van der Waals surface area contributed by atoms with Crippen molar-refractivity contribution in [3.63, 3.8) is 0 Å². The van der Waals surface area contributed by atoms with Crippen LogP contribution >= 0.6 is 0 Å². The number of aryl methyl sites for hydroxylation is 1. The van der Waals surface area contributed by atoms with Crippen molar-refractivity contribution in [1.29, 1.82) is 0 Å². The molecule has 1 fully saturated rings. The number of nitrogens with zero attached hydrogens (tertiary/aromatic N) is 2. The number of aromatic hydroxyl groups is 1. The largest absolute Gasteiger partial charge is 0.506 e. The molecule has 10 heteroatoms. The predicted molar refractivity (Wildman–Crippen MR) is 88.8 cm³/mol. The van der Waals surface area contributed by atoms with Gasteiger partial charge in [0.25, 0.3) is 5.91 Å². The van der Waals surface area contributed by atoms with Crippen LogP contribution in [0.2, 0.25) is 0 Å². The van der Waals surface area contributed by atoms with E-state index in [9.17, 15) is 22.7 Å². The molecule has 1 aliphatic heterocycles. The smallest absolute Gasteiger partial charge is 0.326 e. The molecule has 0 radical (unpaired) electrons. The van der Waals surface area contributed by atoms with Gasteiger partial charge in [0.1, 0.15) is 23.8 Å². The average Bonchev–Trinajstić information content (AvgIpc) is 2.77. The van der Waals surface area contributed by atoms with Crippen molar-refractivity contribution in [3.8, 4) is 5.75 Å². The first kappa shape index (κ1) is 17.0. The quantitative estimate of drug-likeness (QED) is 0.745. The molecule has 1 aliphatic rings. The van der Waals surface area contributed by atoms with Gasteiger partial charge in [0.2, 0.25) is 0 Å². The zero-order valence-corrected chi connectivity index (χ0v) is 14.0. The van der Waals surface area contributed by atoms with E-state index < -0.39 is 39.9 Å². The highest BCUT2D eigenvalue weighted by atomic mass is 32.2. The number of pyridine rings is 1. The van der Waals surface area contributed by atoms with E-state index >= 15 is 0 Å². The van der Waals surface area contributed by atoms with Crippen LogP contribution in [-0.4, -0.2) is 31.0 Å². The number of benzene rings is 1. The van der Waals surface area contributed by atoms with Crippen LogP contribution in [0.15, 0.2) is 30.5 Å². The van der Waals surface area contributed by atoms with Crippen LogP contribution in [0.1, 0.15) is 11.1 Å². The van der Waals surface area contributed by atoms with Crippen LogP contribution in [0.4, 0.5) is 15.9 Å². The van der Waals surface area contributed by atoms with Crippen molar-refractivity contribution >= 4 is 27.6 Å². The fraction of sp³-hybridized carbons (Fsp3) is 0.200. The first-order valence-electron chi connectivity index (χ1n) is 7.27. The van der Waals surface area contributed by atoms with Crippen LogP contribution in [0.3, 0.4) is 0 Å². The molecule has 0 unspecified atom stereocenters. The van der Waals surface area contributed by atoms with Crippen LogP contribution in [0, 0.1) is 12.7 Å². The summed E-state index contributed by atoms with van der Waals surface area (Å²) in [6, 6.07) is 5.96. The van der Waals surface area contributed by atoms with E-state index in [1.807, 2.05) is 13.0 Å². The van der Waals surface area contributed by atoms with Crippen LogP contribution in [0.5, 0.6) is 5.75 Å². The Balaban J connectivity index is 1.84. The summed E-state index contributed by atoms with van der Waals surface area (Å²) in [6.45, 7) is 1.49. The minimum absolute atomic E-state index is 0.172. The van der Waals surface area contributed by atoms with Crippen molar-refractivity contribution in [1.82, 2.24) is 9.71 Å². The zero-order valence-electron chi connectivity index (χ0n) is 13.2. The highest BCUT2D eigenvalue weighted by molar-refractivity contribution is 7.92. The predicted octanol–water partition coefficient (Wildman–Crippen LogP) is 1.03. The fourth-order valence-corrected chi connectivity index (χ4v) is 3.63. The summed E-state index contributed by atoms with van der Waals surface area (Å²) in [5, 5.41) is 13.0. The third-order valence-electron chi connectivity index (χ3n) is 3.56. The molecule has 8 nitrogen and oxygen atoms in total. The molecule has 0 aliphatic carbocycles. The number of nitrogens with one attached hydrogen (secondary N) is 2. The molecule has 0 bridgehead atoms. The fourth-order valence-electron chi connectivity index (χ4n) is 2.46. The van der Waals surface area contributed by atoms with Gasteiger partial charge in [-0.3, -0.25) is 4.79 Å². The molecule has 3 N–H and O–H groups in total. The number of carbonyl (C=O) groups is 1. The van der Waals surface area contributed by atoms with Gasteiger partial charge in [0, 0.05) is 12.7 Å². The molecule has 1 aromatic heterocycles. The maximum absolute atomic E-state index is 14.4. The minimum Gasteiger partial charge on any atom is -0.506 e. The number of phenols is 1. The molecule has 3 rings (SSSR count). The summed E-state index contributed by atoms with van der Waals surface area (Å²) in [5.41, 5.74) is 0.826. The third kappa shape index (κ3) is 3.48. The zero-order chi connectivity index (χ0) is 18.2. The first-order chi connectivity index (χ1) is 11.8. The Labute approximate surface area is 143 Å². The number of amides is 1. The summed E-state index contributed by atoms with van der Waals surface area (Å²) < 4.78 is 40.2. The molecule has 132 valence electrons. The first-order valence-corrected chi connectivity index (χ1v) is 8.71. The summed E-state index contributed by atoms with van der Waals surface area (Å²) in [4.78, 5) is 15.4. The number of aromatic nitrogens is 1. The average molecular weight is 366 g/mol. The monoisotopic (exact) mass is 366 g/mol. The molecular weight excluding hydrogens is 351 g/mol. The molecule has 0 spiro atoms. The SMILES string of the molecule is Cc1ccnc(NCc2cc(O)c(N3CC(=O)NS3(=O)=O)c(F)c2)c1. The summed E-state index contributed by atoms with van der Waals surface area (Å²) in [7, 11) is -4.20. The van der Waals surface area contributed by atoms with E-state index in [0.717, 1.165) is 11.6 Å². The molecule has 25 heavy (non-hydrogen) atoms. The molecule has 2 aromatic rings. The van der Waals surface area contributed by atoms with Gasteiger partial charge in [-0.2, -0.15) is 8.42 Å². The molecule has 1 saturated heterocycles. The highest BCUT2D eigenvalue weighted by Gasteiger charge is 2.37. The van der Waals surface area contributed by atoms with E-state index in [-0.39, 0.29) is 6.54 Å². The van der Waals surface area contributed by atoms with Crippen molar-refractivity contribution in [2.45, 2.75) is 13.5 Å². The second-order valence-electron chi connectivity index (χ2n) is 5.55. The maximum atomic E-state index is 14.4. The Morgan fingerprint density at radius 2 is 2.16 bits per heavy atom. The van der Waals surface area contributed by atoms with E-state index in [1.54, 1.807) is 17.0 Å². The highest BCUT2D eigenvalue weighted by Crippen LogP contribution is 2.34. The van der Waals surface area contributed by atoms with Crippen molar-refractivity contribution in [2.24, 2.45) is 0 Å². The van der Waals surface area contributed by atoms with E-state index in [0.29, 0.717) is 15.7 Å². The van der Waals surface area contributed by atoms with Gasteiger partial charge in [0.15, 0.2) is 5.82 Å². The standard InChI is InChI=1S/C15H15FN4O4S/c1-9-2-3-17-13(4-9)18-7-10-5-11(16)15(12(21)6-10)20-8-14(22)19-25(20,23)24/h2-6,21H,7-8H2,1H3,(H,17,18)(H,19,22). The molecule has 1 aromatic carbocycles. The second kappa shape index (κ2) is 6.20. The summed E-state index contributed by atoms with van der Waals surface area (Å²) in [5.74, 6) is -1.74. The Morgan fingerprint density at radius 3 is 2.76 bits per heavy atom. The van der Waals surface area contributed by atoms with E-state index in [2.05, 4.69) is 10.3 Å². The van der Waals surface area contributed by atoms with Gasteiger partial charge in [-0.1, -0.05) is 0 Å². The lowest BCUT2D eigenvalue weighted by Crippen LogP contribution is -2.30. The van der Waals surface area contributed by atoms with Gasteiger partial charge in [-0.05, 0) is 42.3 Å². The molecule has 0 saturated carbocycles. The number of hydrogen-bond donors (Lipinski definition) is 3. The van der Waals surface area contributed by atoms with Crippen molar-refractivity contribution in [3.05, 3.63) is 47.4 Å². The number of halogens is 1. The van der Waals surface area contributed by atoms with Crippen LogP contribution in [0.25, 0.3) is 0 Å². The Morgan fingerprint density at radius 1 is 1.40 bits per heavy atom. The molecule has 0 atom stereocenters. The van der Waals surface area contributed by atoms with Gasteiger partial charge in [-0.15, -0.1) is 0 Å². The number of hydrogen-bond acceptors (Lipinski definition) is 6. The Kier molecular flexibility index (Phi) is 4.21. The Hall–Kier alpha value is -2.88. The van der Waals surface area contributed by atoms with E-state index in [1.165, 1.54) is 6.07 Å². The van der Waals surface area contributed by atoms with Gasteiger partial charge >= 0.3 is 10.2 Å². The number of carbonyl (C=O) groups excluding carboxylic acids is 1.